The molecule has 0 radical (unpaired) electrons. The van der Waals surface area contributed by atoms with E-state index in [9.17, 15) is 15.0 Å². The van der Waals surface area contributed by atoms with E-state index in [0.29, 0.717) is 18.4 Å². The number of ether oxygens (including phenoxy) is 1. The van der Waals surface area contributed by atoms with E-state index in [-0.39, 0.29) is 34.7 Å². The Morgan fingerprint density at radius 2 is 2.03 bits per heavy atom. The number of aryl methyl sites for hydroxylation is 1. The topological polar surface area (TPSA) is 66.8 Å². The van der Waals surface area contributed by atoms with Crippen molar-refractivity contribution >= 4 is 17.6 Å². The first kappa shape index (κ1) is 23.3. The monoisotopic (exact) mass is 434 g/mol. The Balaban J connectivity index is 1.57. The van der Waals surface area contributed by atoms with Gasteiger partial charge in [0.2, 0.25) is 0 Å². The van der Waals surface area contributed by atoms with Crippen molar-refractivity contribution in [2.75, 3.05) is 7.11 Å². The van der Waals surface area contributed by atoms with Crippen LogP contribution < -0.4 is 0 Å². The molecular weight excluding hydrogens is 400 g/mol. The molecule has 30 heavy (non-hydrogen) atoms. The summed E-state index contributed by atoms with van der Waals surface area (Å²) in [5.74, 6) is -0.118. The van der Waals surface area contributed by atoms with Gasteiger partial charge in [-0.3, -0.25) is 0 Å². The van der Waals surface area contributed by atoms with Crippen molar-refractivity contribution in [2.24, 2.45) is 17.3 Å². The average Bonchev–Trinajstić information content (AvgIpc) is 2.98. The number of hydrogen-bond donors (Lipinski definition) is 2. The van der Waals surface area contributed by atoms with Gasteiger partial charge in [0.25, 0.3) is 0 Å². The van der Waals surface area contributed by atoms with Gasteiger partial charge < -0.3 is 14.9 Å². The zero-order valence-electron chi connectivity index (χ0n) is 18.1. The number of carbonyl (C=O) groups is 1. The fourth-order valence-electron chi connectivity index (χ4n) is 5.16. The van der Waals surface area contributed by atoms with E-state index >= 15 is 0 Å². The lowest BCUT2D eigenvalue weighted by Gasteiger charge is -2.45. The van der Waals surface area contributed by atoms with Crippen LogP contribution in [0.1, 0.15) is 67.8 Å². The summed E-state index contributed by atoms with van der Waals surface area (Å²) in [7, 11) is 1.38. The number of rotatable bonds is 9. The van der Waals surface area contributed by atoms with E-state index in [4.69, 9.17) is 16.3 Å². The molecule has 2 fully saturated rings. The Morgan fingerprint density at radius 1 is 1.33 bits per heavy atom. The van der Waals surface area contributed by atoms with Crippen LogP contribution in [0.4, 0.5) is 0 Å². The lowest BCUT2D eigenvalue weighted by molar-refractivity contribution is -0.0355. The molecule has 2 saturated carbocycles. The number of methoxy groups -OCH3 is 1. The number of aliphatic hydroxyl groups is 2. The number of hydrogen-bond acceptors (Lipinski definition) is 4. The average molecular weight is 435 g/mol. The second-order valence-corrected chi connectivity index (χ2v) is 9.60. The number of esters is 1. The summed E-state index contributed by atoms with van der Waals surface area (Å²) >= 11 is 6.58. The second-order valence-electron chi connectivity index (χ2n) is 9.04. The first-order valence-electron chi connectivity index (χ1n) is 11.2. The molecule has 1 aromatic carbocycles. The van der Waals surface area contributed by atoms with Gasteiger partial charge in [-0.25, -0.2) is 4.79 Å². The second kappa shape index (κ2) is 10.3. The van der Waals surface area contributed by atoms with Gasteiger partial charge in [-0.15, -0.1) is 11.6 Å². The molecular formula is C25H35ClO4. The van der Waals surface area contributed by atoms with Crippen LogP contribution in [-0.2, 0) is 11.2 Å². The van der Waals surface area contributed by atoms with E-state index < -0.39 is 6.10 Å². The quantitative estimate of drug-likeness (QED) is 0.329. The molecule has 0 bridgehead atoms. The Kier molecular flexibility index (Phi) is 8.00. The molecule has 5 heteroatoms. The zero-order valence-corrected chi connectivity index (χ0v) is 18.9. The standard InChI is InChI=1S/C25H35ClO4/c1-3-25(14-5-15-25)23(28)7-4-6-20-19(21(26)16-22(20)27)13-10-17-8-11-18(12-9-17)24(29)30-2/h4,6,8-9,11-12,19-23,27-28H,3,5,7,10,13-16H2,1-2H3/t19-,20-,21?,22?,23?/m1/s1. The molecule has 0 aromatic heterocycles. The summed E-state index contributed by atoms with van der Waals surface area (Å²) in [5.41, 5.74) is 1.79. The molecule has 3 rings (SSSR count). The number of halogens is 1. The van der Waals surface area contributed by atoms with E-state index in [2.05, 4.69) is 19.1 Å². The lowest BCUT2D eigenvalue weighted by atomic mass is 9.63. The number of alkyl halides is 1. The molecule has 0 amide bonds. The van der Waals surface area contributed by atoms with Crippen LogP contribution in [0.2, 0.25) is 0 Å². The van der Waals surface area contributed by atoms with Gasteiger partial charge in [-0.2, -0.15) is 0 Å². The van der Waals surface area contributed by atoms with Gasteiger partial charge in [-0.05, 0) is 74.0 Å². The lowest BCUT2D eigenvalue weighted by Crippen LogP contribution is -2.40. The highest BCUT2D eigenvalue weighted by Crippen LogP contribution is 2.48. The molecule has 0 saturated heterocycles. The van der Waals surface area contributed by atoms with E-state index in [1.807, 2.05) is 12.1 Å². The third kappa shape index (κ3) is 5.09. The highest BCUT2D eigenvalue weighted by molar-refractivity contribution is 6.21. The van der Waals surface area contributed by atoms with Crippen LogP contribution in [-0.4, -0.2) is 40.9 Å². The minimum absolute atomic E-state index is 0.0213. The third-order valence-corrected chi connectivity index (χ3v) is 7.99. The van der Waals surface area contributed by atoms with Gasteiger partial charge in [0.05, 0.1) is 24.9 Å². The van der Waals surface area contributed by atoms with Crippen molar-refractivity contribution in [3.05, 3.63) is 47.5 Å². The van der Waals surface area contributed by atoms with Crippen molar-refractivity contribution in [3.8, 4) is 0 Å². The van der Waals surface area contributed by atoms with E-state index in [1.165, 1.54) is 13.5 Å². The van der Waals surface area contributed by atoms with Crippen LogP contribution in [0.3, 0.4) is 0 Å². The van der Waals surface area contributed by atoms with Crippen molar-refractivity contribution in [2.45, 2.75) is 75.9 Å². The Labute approximate surface area is 185 Å². The molecule has 0 aliphatic heterocycles. The maximum absolute atomic E-state index is 11.6. The molecule has 4 nitrogen and oxygen atoms in total. The van der Waals surface area contributed by atoms with Crippen molar-refractivity contribution in [1.82, 2.24) is 0 Å². The number of benzene rings is 1. The maximum Gasteiger partial charge on any atom is 0.337 e. The smallest absolute Gasteiger partial charge is 0.337 e. The Bertz CT molecular complexity index is 720. The summed E-state index contributed by atoms with van der Waals surface area (Å²) in [6.07, 6.45) is 10.8. The number of carbonyl (C=O) groups excluding carboxylic acids is 1. The van der Waals surface area contributed by atoms with Crippen LogP contribution in [0.25, 0.3) is 0 Å². The molecule has 2 N–H and O–H groups in total. The molecule has 2 aliphatic rings. The minimum Gasteiger partial charge on any atom is -0.465 e. The van der Waals surface area contributed by atoms with Gasteiger partial charge in [-0.1, -0.05) is 37.6 Å². The summed E-state index contributed by atoms with van der Waals surface area (Å²) in [6, 6.07) is 7.47. The fourth-order valence-corrected chi connectivity index (χ4v) is 5.64. The van der Waals surface area contributed by atoms with Crippen molar-refractivity contribution < 1.29 is 19.7 Å². The summed E-state index contributed by atoms with van der Waals surface area (Å²) in [4.78, 5) is 11.6. The van der Waals surface area contributed by atoms with Gasteiger partial charge in [0.15, 0.2) is 0 Å². The van der Waals surface area contributed by atoms with E-state index in [1.54, 1.807) is 12.1 Å². The highest BCUT2D eigenvalue weighted by atomic mass is 35.5. The molecule has 3 unspecified atom stereocenters. The summed E-state index contributed by atoms with van der Waals surface area (Å²) in [6.45, 7) is 2.17. The predicted octanol–water partition coefficient (Wildman–Crippen LogP) is 4.90. The van der Waals surface area contributed by atoms with E-state index in [0.717, 1.165) is 37.7 Å². The Morgan fingerprint density at radius 3 is 2.60 bits per heavy atom. The van der Waals surface area contributed by atoms with Crippen LogP contribution in [0, 0.1) is 17.3 Å². The third-order valence-electron chi connectivity index (χ3n) is 7.49. The molecule has 1 aromatic rings. The minimum atomic E-state index is -0.434. The van der Waals surface area contributed by atoms with Gasteiger partial charge in [0, 0.05) is 11.3 Å². The van der Waals surface area contributed by atoms with Crippen LogP contribution in [0.15, 0.2) is 36.4 Å². The SMILES string of the molecule is CCC1(C(O)CC=C[C@H]2C(O)CC(Cl)[C@@H]2CCc2ccc(C(=O)OC)cc2)CCC1. The molecule has 2 aliphatic carbocycles. The fraction of sp³-hybridized carbons (Fsp3) is 0.640. The van der Waals surface area contributed by atoms with Gasteiger partial charge in [0.1, 0.15) is 0 Å². The first-order chi connectivity index (χ1) is 14.4. The normalized spacial score (nSPS) is 29.0. The summed E-state index contributed by atoms with van der Waals surface area (Å²) in [5, 5.41) is 21.1. The van der Waals surface area contributed by atoms with Crippen LogP contribution in [0.5, 0.6) is 0 Å². The van der Waals surface area contributed by atoms with Crippen molar-refractivity contribution in [1.29, 1.82) is 0 Å². The maximum atomic E-state index is 11.6. The molecule has 166 valence electrons. The molecule has 0 heterocycles. The zero-order chi connectivity index (χ0) is 21.7. The summed E-state index contributed by atoms with van der Waals surface area (Å²) < 4.78 is 4.74. The number of aliphatic hydroxyl groups excluding tert-OH is 2. The predicted molar refractivity (Wildman–Crippen MR) is 120 cm³/mol. The van der Waals surface area contributed by atoms with Gasteiger partial charge >= 0.3 is 5.97 Å². The Hall–Kier alpha value is -1.36. The van der Waals surface area contributed by atoms with Crippen LogP contribution >= 0.6 is 11.6 Å². The highest BCUT2D eigenvalue weighted by Gasteiger charge is 2.42. The molecule has 5 atom stereocenters. The van der Waals surface area contributed by atoms with Crippen molar-refractivity contribution in [3.63, 3.8) is 0 Å². The first-order valence-corrected chi connectivity index (χ1v) is 11.7. The largest absolute Gasteiger partial charge is 0.465 e. The molecule has 0 spiro atoms.